The minimum atomic E-state index is -4.91. The van der Waals surface area contributed by atoms with E-state index in [9.17, 15) is 22.4 Å². The Hall–Kier alpha value is -2.22. The largest absolute Gasteiger partial charge is 0.332 e. The van der Waals surface area contributed by atoms with Gasteiger partial charge in [-0.05, 0) is 29.3 Å². The normalized spacial score (nSPS) is 12.1. The Balaban J connectivity index is 2.25. The van der Waals surface area contributed by atoms with Crippen LogP contribution in [-0.2, 0) is 10.2 Å². The second kappa shape index (κ2) is 7.77. The Labute approximate surface area is 153 Å². The first-order valence-corrected chi connectivity index (χ1v) is 8.85. The summed E-state index contributed by atoms with van der Waals surface area (Å²) in [6.07, 6.45) is 5.98. The fraction of sp³-hybridized carbons (Fsp3) is 0. The zero-order valence-corrected chi connectivity index (χ0v) is 14.7. The van der Waals surface area contributed by atoms with Crippen molar-refractivity contribution in [3.8, 4) is 0 Å². The lowest BCUT2D eigenvalue weighted by Gasteiger charge is -2.01. The number of nitro benzene ring substituents is 1. The smallest absolute Gasteiger partial charge is 0.258 e. The molecule has 0 saturated carbocycles. The van der Waals surface area contributed by atoms with E-state index in [0.717, 1.165) is 6.07 Å². The summed E-state index contributed by atoms with van der Waals surface area (Å²) in [5, 5.41) is 10.9. The van der Waals surface area contributed by atoms with Crippen LogP contribution in [0, 0.1) is 10.1 Å². The van der Waals surface area contributed by atoms with E-state index in [1.165, 1.54) is 48.6 Å². The summed E-state index contributed by atoms with van der Waals surface area (Å²) in [7, 11) is -4.91. The first-order valence-electron chi connectivity index (χ1n) is 6.71. The number of nitrogens with zero attached hydrogens (tertiary/aromatic N) is 1. The minimum absolute atomic E-state index is 0.0987. The third-order valence-electron chi connectivity index (χ3n) is 3.10. The molecule has 0 aliphatic rings. The number of hydrogen-bond acceptors (Lipinski definition) is 4. The molecule has 2 rings (SSSR count). The Kier molecular flexibility index (Phi) is 5.94. The molecule has 0 unspecified atom stereocenters. The van der Waals surface area contributed by atoms with Crippen molar-refractivity contribution in [2.75, 3.05) is 0 Å². The van der Waals surface area contributed by atoms with Gasteiger partial charge < -0.3 is 0 Å². The van der Waals surface area contributed by atoms with E-state index in [4.69, 9.17) is 23.2 Å². The number of rotatable bonds is 5. The molecule has 25 heavy (non-hydrogen) atoms. The van der Waals surface area contributed by atoms with Gasteiger partial charge in [-0.25, -0.2) is 0 Å². The molecule has 2 aromatic rings. The van der Waals surface area contributed by atoms with Crippen molar-refractivity contribution in [3.05, 3.63) is 79.8 Å². The van der Waals surface area contributed by atoms with Crippen molar-refractivity contribution in [1.82, 2.24) is 0 Å². The molecular weight excluding hydrogens is 392 g/mol. The summed E-state index contributed by atoms with van der Waals surface area (Å²) in [4.78, 5) is 9.56. The third-order valence-corrected chi connectivity index (χ3v) is 4.54. The molecule has 0 aliphatic heterocycles. The number of nitro groups is 1. The fourth-order valence-electron chi connectivity index (χ4n) is 1.94. The van der Waals surface area contributed by atoms with Gasteiger partial charge in [0.1, 0.15) is 4.90 Å². The first-order chi connectivity index (χ1) is 11.7. The molecule has 0 aromatic heterocycles. The van der Waals surface area contributed by atoms with E-state index < -0.39 is 20.0 Å². The number of allylic oxidation sites excluding steroid dienone is 2. The van der Waals surface area contributed by atoms with Gasteiger partial charge in [-0.2, -0.15) is 8.42 Å². The van der Waals surface area contributed by atoms with Crippen LogP contribution in [0.3, 0.4) is 0 Å². The van der Waals surface area contributed by atoms with Gasteiger partial charge in [0.25, 0.3) is 5.69 Å². The number of benzene rings is 2. The minimum Gasteiger partial charge on any atom is -0.258 e. The second-order valence-electron chi connectivity index (χ2n) is 4.80. The van der Waals surface area contributed by atoms with Crippen molar-refractivity contribution in [2.45, 2.75) is 4.90 Å². The molecular formula is C16H10Cl2FNO4S. The van der Waals surface area contributed by atoms with Crippen LogP contribution in [0.25, 0.3) is 12.2 Å². The summed E-state index contributed by atoms with van der Waals surface area (Å²) < 4.78 is 35.6. The molecule has 0 radical (unpaired) electrons. The Morgan fingerprint density at radius 2 is 1.60 bits per heavy atom. The van der Waals surface area contributed by atoms with E-state index >= 15 is 0 Å². The first kappa shape index (κ1) is 19.1. The highest BCUT2D eigenvalue weighted by molar-refractivity contribution is 7.86. The van der Waals surface area contributed by atoms with Crippen molar-refractivity contribution in [1.29, 1.82) is 0 Å². The topological polar surface area (TPSA) is 77.3 Å². The van der Waals surface area contributed by atoms with Crippen LogP contribution in [0.5, 0.6) is 0 Å². The van der Waals surface area contributed by atoms with Crippen molar-refractivity contribution in [2.24, 2.45) is 0 Å². The summed E-state index contributed by atoms with van der Waals surface area (Å²) in [6, 6.07) is 7.84. The highest BCUT2D eigenvalue weighted by Crippen LogP contribution is 2.25. The average molecular weight is 402 g/mol. The van der Waals surface area contributed by atoms with Gasteiger partial charge in [0.05, 0.1) is 9.95 Å². The lowest BCUT2D eigenvalue weighted by atomic mass is 10.1. The summed E-state index contributed by atoms with van der Waals surface area (Å²) in [6.45, 7) is 0. The van der Waals surface area contributed by atoms with E-state index in [1.807, 2.05) is 0 Å². The van der Waals surface area contributed by atoms with Gasteiger partial charge in [-0.15, -0.1) is 3.89 Å². The van der Waals surface area contributed by atoms with Gasteiger partial charge in [0.2, 0.25) is 0 Å². The number of hydrogen-bond donors (Lipinski definition) is 0. The molecule has 0 atom stereocenters. The van der Waals surface area contributed by atoms with Crippen LogP contribution in [0.15, 0.2) is 53.4 Å². The molecule has 0 bridgehead atoms. The van der Waals surface area contributed by atoms with Crippen LogP contribution >= 0.6 is 23.2 Å². The van der Waals surface area contributed by atoms with E-state index in [1.54, 1.807) is 6.08 Å². The molecule has 130 valence electrons. The molecule has 2 aromatic carbocycles. The zero-order valence-electron chi connectivity index (χ0n) is 12.4. The number of halogens is 3. The van der Waals surface area contributed by atoms with Crippen molar-refractivity contribution in [3.63, 3.8) is 0 Å². The summed E-state index contributed by atoms with van der Waals surface area (Å²) in [5.41, 5.74) is 0.536. The molecule has 0 amide bonds. The lowest BCUT2D eigenvalue weighted by molar-refractivity contribution is -0.384. The SMILES string of the molecule is O=[N+]([O-])c1ccc(/C=C/C=C/c2ccc(Cl)cc2S(=O)(=O)F)c(Cl)c1. The molecule has 0 fully saturated rings. The maximum Gasteiger partial charge on any atom is 0.332 e. The van der Waals surface area contributed by atoms with E-state index in [-0.39, 0.29) is 21.3 Å². The zero-order chi connectivity index (χ0) is 18.6. The second-order valence-corrected chi connectivity index (χ2v) is 6.96. The molecule has 9 heteroatoms. The van der Waals surface area contributed by atoms with Crippen molar-refractivity contribution < 1.29 is 17.2 Å². The van der Waals surface area contributed by atoms with Gasteiger partial charge in [0.15, 0.2) is 0 Å². The van der Waals surface area contributed by atoms with Gasteiger partial charge >= 0.3 is 10.2 Å². The molecule has 0 spiro atoms. The van der Waals surface area contributed by atoms with E-state index in [0.29, 0.717) is 5.56 Å². The highest BCUT2D eigenvalue weighted by atomic mass is 35.5. The maximum atomic E-state index is 13.3. The van der Waals surface area contributed by atoms with Gasteiger partial charge in [0, 0.05) is 17.2 Å². The predicted molar refractivity (Wildman–Crippen MR) is 95.9 cm³/mol. The Morgan fingerprint density at radius 1 is 1.00 bits per heavy atom. The highest BCUT2D eigenvalue weighted by Gasteiger charge is 2.16. The summed E-state index contributed by atoms with van der Waals surface area (Å²) >= 11 is 11.6. The van der Waals surface area contributed by atoms with E-state index in [2.05, 4.69) is 0 Å². The Bertz CT molecular complexity index is 988. The molecule has 0 saturated heterocycles. The molecule has 0 heterocycles. The molecule has 0 aliphatic carbocycles. The van der Waals surface area contributed by atoms with Crippen LogP contribution in [0.1, 0.15) is 11.1 Å². The standard InChI is InChI=1S/C16H10Cl2FNO4S/c17-13-7-5-12(16(9-13)25(19,23)24)4-2-1-3-11-6-8-14(20(21)22)10-15(11)18/h1-10H/b3-1+,4-2+. The molecule has 0 N–H and O–H groups in total. The fourth-order valence-corrected chi connectivity index (χ4v) is 3.10. The Morgan fingerprint density at radius 3 is 2.16 bits per heavy atom. The predicted octanol–water partition coefficient (Wildman–Crippen LogP) is 5.29. The maximum absolute atomic E-state index is 13.3. The van der Waals surface area contributed by atoms with Crippen LogP contribution in [0.4, 0.5) is 9.57 Å². The number of non-ortho nitro benzene ring substituents is 1. The van der Waals surface area contributed by atoms with Gasteiger partial charge in [-0.1, -0.05) is 53.6 Å². The van der Waals surface area contributed by atoms with Crippen LogP contribution < -0.4 is 0 Å². The van der Waals surface area contributed by atoms with Crippen LogP contribution in [-0.4, -0.2) is 13.3 Å². The monoisotopic (exact) mass is 401 g/mol. The average Bonchev–Trinajstić information content (AvgIpc) is 2.52. The quantitative estimate of drug-likeness (QED) is 0.295. The van der Waals surface area contributed by atoms with Gasteiger partial charge in [-0.3, -0.25) is 10.1 Å². The third kappa shape index (κ3) is 5.12. The van der Waals surface area contributed by atoms with Crippen molar-refractivity contribution >= 4 is 51.3 Å². The van der Waals surface area contributed by atoms with Crippen LogP contribution in [0.2, 0.25) is 10.0 Å². The lowest BCUT2D eigenvalue weighted by Crippen LogP contribution is -1.95. The summed E-state index contributed by atoms with van der Waals surface area (Å²) in [5.74, 6) is 0. The molecule has 5 nitrogen and oxygen atoms in total.